The molecular formula is C14H36O6Si5. The van der Waals surface area contributed by atoms with Gasteiger partial charge in [-0.15, -0.1) is 6.58 Å². The summed E-state index contributed by atoms with van der Waals surface area (Å²) in [5.74, 6) is -0.326. The van der Waals surface area contributed by atoms with E-state index in [1.165, 1.54) is 6.92 Å². The second kappa shape index (κ2) is 8.43. The molecule has 0 aromatic carbocycles. The first kappa shape index (κ1) is 25.1. The molecule has 0 aromatic rings. The molecule has 0 saturated carbocycles. The van der Waals surface area contributed by atoms with Crippen LogP contribution in [0.5, 0.6) is 0 Å². The lowest BCUT2D eigenvalue weighted by atomic mass is 10.9. The fraction of sp³-hybridized carbons (Fsp3) is 0.786. The summed E-state index contributed by atoms with van der Waals surface area (Å²) in [6.07, 6.45) is 0. The third kappa shape index (κ3) is 11.5. The highest BCUT2D eigenvalue weighted by Crippen LogP contribution is 2.26. The zero-order chi connectivity index (χ0) is 20.3. The van der Waals surface area contributed by atoms with E-state index in [2.05, 4.69) is 19.7 Å². The van der Waals surface area contributed by atoms with Crippen LogP contribution < -0.4 is 0 Å². The molecular weight excluding hydrogens is 405 g/mol. The topological polar surface area (TPSA) is 63.2 Å². The van der Waals surface area contributed by atoms with Crippen LogP contribution in [0.4, 0.5) is 0 Å². The van der Waals surface area contributed by atoms with E-state index in [0.717, 1.165) is 0 Å². The van der Waals surface area contributed by atoms with Gasteiger partial charge < -0.3 is 20.9 Å². The molecule has 0 aliphatic carbocycles. The summed E-state index contributed by atoms with van der Waals surface area (Å²) < 4.78 is 30.5. The minimum absolute atomic E-state index is 0.326. The van der Waals surface area contributed by atoms with Crippen LogP contribution in [0.15, 0.2) is 12.3 Å². The van der Waals surface area contributed by atoms with Crippen LogP contribution in [0.1, 0.15) is 6.92 Å². The molecule has 0 N–H and O–H groups in total. The highest BCUT2D eigenvalue weighted by atomic mass is 28.5. The van der Waals surface area contributed by atoms with Crippen molar-refractivity contribution in [2.24, 2.45) is 0 Å². The maximum Gasteiger partial charge on any atom is 0.386 e. The van der Waals surface area contributed by atoms with Gasteiger partial charge in [0.1, 0.15) is 0 Å². The third-order valence-corrected chi connectivity index (χ3v) is 20.5. The fourth-order valence-electron chi connectivity index (χ4n) is 2.88. The quantitative estimate of drug-likeness (QED) is 0.470. The van der Waals surface area contributed by atoms with E-state index < -0.39 is 42.6 Å². The van der Waals surface area contributed by atoms with Gasteiger partial charge in [0.25, 0.3) is 5.97 Å². The minimum Gasteiger partial charge on any atom is -0.495 e. The number of carbonyl (C=O) groups excluding carboxylic acids is 1. The van der Waals surface area contributed by atoms with Gasteiger partial charge in [-0.3, -0.25) is 4.79 Å². The Kier molecular flexibility index (Phi) is 8.48. The molecule has 0 amide bonds. The van der Waals surface area contributed by atoms with Gasteiger partial charge in [0.15, 0.2) is 8.32 Å². The Morgan fingerprint density at radius 3 is 1.32 bits per heavy atom. The SMILES string of the molecule is C=C[Si](C)(C)O[Si](C)(C)O[Si](C)(C)O[Si](C)(C)O[Si](C)(C)OC(C)=O. The van der Waals surface area contributed by atoms with Gasteiger partial charge in [0.05, 0.1) is 0 Å². The molecule has 0 unspecified atom stereocenters. The van der Waals surface area contributed by atoms with Gasteiger partial charge in [0, 0.05) is 6.92 Å². The van der Waals surface area contributed by atoms with Crippen molar-refractivity contribution < 1.29 is 25.7 Å². The standard InChI is InChI=1S/C14H36O6Si5/c1-13-21(3,4)17-23(7,8)19-25(11,12)20-24(9,10)18-22(5,6)16-14(2)15/h13H,1H2,2-12H3. The van der Waals surface area contributed by atoms with E-state index in [4.69, 9.17) is 20.9 Å². The molecule has 148 valence electrons. The maximum absolute atomic E-state index is 11.3. The van der Waals surface area contributed by atoms with Crippen LogP contribution in [0.2, 0.25) is 65.5 Å². The molecule has 0 aromatic heterocycles. The first-order chi connectivity index (χ1) is 10.8. The van der Waals surface area contributed by atoms with Crippen LogP contribution in [-0.4, -0.2) is 48.5 Å². The summed E-state index contributed by atoms with van der Waals surface area (Å²) in [5.41, 5.74) is 1.91. The van der Waals surface area contributed by atoms with E-state index in [1.807, 2.05) is 58.1 Å². The van der Waals surface area contributed by atoms with Crippen LogP contribution in [-0.2, 0) is 25.7 Å². The van der Waals surface area contributed by atoms with Gasteiger partial charge in [-0.1, -0.05) is 5.70 Å². The van der Waals surface area contributed by atoms with Crippen molar-refractivity contribution in [1.82, 2.24) is 0 Å². The Morgan fingerprint density at radius 2 is 1.00 bits per heavy atom. The lowest BCUT2D eigenvalue weighted by Crippen LogP contribution is -2.59. The van der Waals surface area contributed by atoms with Gasteiger partial charge >= 0.3 is 34.2 Å². The van der Waals surface area contributed by atoms with Crippen LogP contribution in [0, 0.1) is 0 Å². The molecule has 0 saturated heterocycles. The van der Waals surface area contributed by atoms with Crippen LogP contribution in [0.3, 0.4) is 0 Å². The number of hydrogen-bond donors (Lipinski definition) is 0. The Hall–Kier alpha value is 0.134. The summed E-state index contributed by atoms with van der Waals surface area (Å²) in [5, 5.41) is 0. The second-order valence-electron chi connectivity index (χ2n) is 8.41. The molecule has 25 heavy (non-hydrogen) atoms. The predicted molar refractivity (Wildman–Crippen MR) is 114 cm³/mol. The van der Waals surface area contributed by atoms with Crippen molar-refractivity contribution in [2.75, 3.05) is 0 Å². The monoisotopic (exact) mass is 440 g/mol. The average Bonchev–Trinajstić information content (AvgIpc) is 2.18. The molecule has 11 heteroatoms. The van der Waals surface area contributed by atoms with E-state index in [0.29, 0.717) is 0 Å². The molecule has 0 aliphatic heterocycles. The van der Waals surface area contributed by atoms with Crippen molar-refractivity contribution >= 4 is 48.5 Å². The van der Waals surface area contributed by atoms with Crippen molar-refractivity contribution in [3.63, 3.8) is 0 Å². The third-order valence-electron chi connectivity index (χ3n) is 2.86. The molecule has 0 radical (unpaired) electrons. The minimum atomic E-state index is -2.58. The molecule has 0 heterocycles. The molecule has 0 bridgehead atoms. The normalized spacial score (nSPS) is 14.4. The van der Waals surface area contributed by atoms with Gasteiger partial charge in [-0.25, -0.2) is 0 Å². The predicted octanol–water partition coefficient (Wildman–Crippen LogP) is 4.35. The number of carbonyl (C=O) groups is 1. The first-order valence-electron chi connectivity index (χ1n) is 8.44. The van der Waals surface area contributed by atoms with Crippen molar-refractivity contribution in [3.8, 4) is 0 Å². The lowest BCUT2D eigenvalue weighted by molar-refractivity contribution is -0.133. The second-order valence-corrected chi connectivity index (χ2v) is 26.7. The van der Waals surface area contributed by atoms with Crippen molar-refractivity contribution in [1.29, 1.82) is 0 Å². The van der Waals surface area contributed by atoms with E-state index >= 15 is 0 Å². The number of rotatable bonds is 10. The molecule has 0 spiro atoms. The Morgan fingerprint density at radius 1 is 0.680 bits per heavy atom. The van der Waals surface area contributed by atoms with Crippen molar-refractivity contribution in [3.05, 3.63) is 12.3 Å². The summed E-state index contributed by atoms with van der Waals surface area (Å²) in [6.45, 7) is 25.2. The first-order valence-corrected chi connectivity index (χ1v) is 22.7. The summed E-state index contributed by atoms with van der Waals surface area (Å²) in [6, 6.07) is 0. The van der Waals surface area contributed by atoms with E-state index in [9.17, 15) is 4.79 Å². The lowest BCUT2D eigenvalue weighted by Gasteiger charge is -2.41. The smallest absolute Gasteiger partial charge is 0.386 e. The molecule has 0 aliphatic rings. The molecule has 0 rings (SSSR count). The molecule has 0 fully saturated rings. The molecule has 0 atom stereocenters. The van der Waals surface area contributed by atoms with Gasteiger partial charge in [0.2, 0.25) is 0 Å². The van der Waals surface area contributed by atoms with Crippen molar-refractivity contribution in [2.45, 2.75) is 72.4 Å². The largest absolute Gasteiger partial charge is 0.495 e. The fourth-order valence-corrected chi connectivity index (χ4v) is 25.0. The average molecular weight is 441 g/mol. The summed E-state index contributed by atoms with van der Waals surface area (Å²) >= 11 is 0. The Labute approximate surface area is 159 Å². The molecule has 6 nitrogen and oxygen atoms in total. The Bertz CT molecular complexity index is 490. The van der Waals surface area contributed by atoms with E-state index in [1.54, 1.807) is 0 Å². The van der Waals surface area contributed by atoms with Crippen LogP contribution in [0.25, 0.3) is 0 Å². The highest BCUT2D eigenvalue weighted by Gasteiger charge is 2.46. The van der Waals surface area contributed by atoms with Gasteiger partial charge in [-0.2, -0.15) is 0 Å². The van der Waals surface area contributed by atoms with Crippen LogP contribution >= 0.6 is 0 Å². The van der Waals surface area contributed by atoms with Gasteiger partial charge in [-0.05, 0) is 65.5 Å². The maximum atomic E-state index is 11.3. The summed E-state index contributed by atoms with van der Waals surface area (Å²) in [4.78, 5) is 11.3. The zero-order valence-corrected chi connectivity index (χ0v) is 22.7. The summed E-state index contributed by atoms with van der Waals surface area (Å²) in [7, 11) is -11.9. The number of hydrogen-bond acceptors (Lipinski definition) is 6. The Balaban J connectivity index is 5.03. The van der Waals surface area contributed by atoms with E-state index in [-0.39, 0.29) is 5.97 Å². The highest BCUT2D eigenvalue weighted by molar-refractivity contribution is 6.91. The zero-order valence-electron chi connectivity index (χ0n) is 17.7.